The van der Waals surface area contributed by atoms with Gasteiger partial charge in [0, 0.05) is 32.1 Å². The van der Waals surface area contributed by atoms with Gasteiger partial charge in [0.05, 0.1) is 24.7 Å². The molecule has 1 aliphatic heterocycles. The summed E-state index contributed by atoms with van der Waals surface area (Å²) in [5.74, 6) is 0.811. The molecule has 1 fully saturated rings. The lowest BCUT2D eigenvalue weighted by Gasteiger charge is -2.32. The molecule has 0 aliphatic carbocycles. The SMILES string of the molecule is Cn1ncc(N2CCC(C(=O)NCc3ccco3)CC2)cc1=O. The summed E-state index contributed by atoms with van der Waals surface area (Å²) < 4.78 is 6.51. The Morgan fingerprint density at radius 2 is 2.22 bits per heavy atom. The summed E-state index contributed by atoms with van der Waals surface area (Å²) in [6.07, 6.45) is 4.81. The van der Waals surface area contributed by atoms with E-state index < -0.39 is 0 Å². The molecule has 0 bridgehead atoms. The van der Waals surface area contributed by atoms with E-state index in [4.69, 9.17) is 4.42 Å². The molecule has 0 atom stereocenters. The van der Waals surface area contributed by atoms with Crippen LogP contribution in [0.25, 0.3) is 0 Å². The molecule has 7 nitrogen and oxygen atoms in total. The van der Waals surface area contributed by atoms with Crippen molar-refractivity contribution in [2.75, 3.05) is 18.0 Å². The van der Waals surface area contributed by atoms with Crippen LogP contribution in [0.1, 0.15) is 18.6 Å². The second kappa shape index (κ2) is 6.68. The van der Waals surface area contributed by atoms with Gasteiger partial charge in [-0.1, -0.05) is 0 Å². The van der Waals surface area contributed by atoms with Crippen molar-refractivity contribution in [3.8, 4) is 0 Å². The van der Waals surface area contributed by atoms with Gasteiger partial charge in [0.15, 0.2) is 0 Å². The lowest BCUT2D eigenvalue weighted by Crippen LogP contribution is -2.40. The van der Waals surface area contributed by atoms with Crippen LogP contribution in [0.15, 0.2) is 39.9 Å². The van der Waals surface area contributed by atoms with Gasteiger partial charge < -0.3 is 14.6 Å². The van der Waals surface area contributed by atoms with Gasteiger partial charge in [0.25, 0.3) is 5.56 Å². The Balaban J connectivity index is 1.52. The number of nitrogens with zero attached hydrogens (tertiary/aromatic N) is 3. The Morgan fingerprint density at radius 1 is 1.43 bits per heavy atom. The molecule has 0 aromatic carbocycles. The third kappa shape index (κ3) is 3.61. The Morgan fingerprint density at radius 3 is 2.87 bits per heavy atom. The molecule has 122 valence electrons. The predicted octanol–water partition coefficient (Wildman–Crippen LogP) is 0.906. The molecule has 0 radical (unpaired) electrons. The maximum Gasteiger partial charge on any atom is 0.268 e. The zero-order chi connectivity index (χ0) is 16.2. The normalized spacial score (nSPS) is 15.6. The first kappa shape index (κ1) is 15.3. The third-order valence-corrected chi connectivity index (χ3v) is 4.20. The monoisotopic (exact) mass is 316 g/mol. The average molecular weight is 316 g/mol. The van der Waals surface area contributed by atoms with Gasteiger partial charge >= 0.3 is 0 Å². The number of hydrogen-bond donors (Lipinski definition) is 1. The Hall–Kier alpha value is -2.57. The van der Waals surface area contributed by atoms with Gasteiger partial charge in [-0.05, 0) is 25.0 Å². The summed E-state index contributed by atoms with van der Waals surface area (Å²) in [6.45, 7) is 1.91. The Bertz CT molecular complexity index is 715. The minimum Gasteiger partial charge on any atom is -0.467 e. The van der Waals surface area contributed by atoms with E-state index in [0.29, 0.717) is 6.54 Å². The minimum absolute atomic E-state index is 0.000664. The van der Waals surface area contributed by atoms with Crippen molar-refractivity contribution in [2.24, 2.45) is 13.0 Å². The first-order valence-corrected chi connectivity index (χ1v) is 7.72. The largest absolute Gasteiger partial charge is 0.467 e. The van der Waals surface area contributed by atoms with Crippen LogP contribution in [0.5, 0.6) is 0 Å². The lowest BCUT2D eigenvalue weighted by molar-refractivity contribution is -0.125. The van der Waals surface area contributed by atoms with E-state index in [-0.39, 0.29) is 17.4 Å². The summed E-state index contributed by atoms with van der Waals surface area (Å²) in [6, 6.07) is 5.23. The van der Waals surface area contributed by atoms with Crippen LogP contribution >= 0.6 is 0 Å². The maximum atomic E-state index is 12.2. The molecule has 0 saturated carbocycles. The number of furan rings is 1. The van der Waals surface area contributed by atoms with Crippen molar-refractivity contribution in [1.82, 2.24) is 15.1 Å². The van der Waals surface area contributed by atoms with Crippen molar-refractivity contribution < 1.29 is 9.21 Å². The molecule has 0 unspecified atom stereocenters. The zero-order valence-electron chi connectivity index (χ0n) is 13.1. The van der Waals surface area contributed by atoms with Crippen LogP contribution in [-0.2, 0) is 18.4 Å². The maximum absolute atomic E-state index is 12.2. The van der Waals surface area contributed by atoms with Crippen LogP contribution in [0.4, 0.5) is 5.69 Å². The molecule has 7 heteroatoms. The summed E-state index contributed by atoms with van der Waals surface area (Å²) in [5.41, 5.74) is 0.698. The first-order chi connectivity index (χ1) is 11.1. The summed E-state index contributed by atoms with van der Waals surface area (Å²) in [5, 5.41) is 6.95. The van der Waals surface area contributed by atoms with Crippen LogP contribution in [-0.4, -0.2) is 28.8 Å². The number of aryl methyl sites for hydroxylation is 1. The number of aromatic nitrogens is 2. The van der Waals surface area contributed by atoms with Gasteiger partial charge in [0.2, 0.25) is 5.91 Å². The van der Waals surface area contributed by atoms with Gasteiger partial charge in [-0.2, -0.15) is 5.10 Å². The fourth-order valence-corrected chi connectivity index (χ4v) is 2.76. The van der Waals surface area contributed by atoms with Gasteiger partial charge in [-0.15, -0.1) is 0 Å². The number of piperidine rings is 1. The first-order valence-electron chi connectivity index (χ1n) is 7.72. The van der Waals surface area contributed by atoms with Gasteiger partial charge in [0.1, 0.15) is 5.76 Å². The minimum atomic E-state index is -0.124. The fraction of sp³-hybridized carbons (Fsp3) is 0.438. The molecule has 23 heavy (non-hydrogen) atoms. The van der Waals surface area contributed by atoms with Crippen LogP contribution in [0.2, 0.25) is 0 Å². The average Bonchev–Trinajstić information content (AvgIpc) is 3.09. The highest BCUT2D eigenvalue weighted by molar-refractivity contribution is 5.78. The third-order valence-electron chi connectivity index (χ3n) is 4.20. The molecule has 1 amide bonds. The van der Waals surface area contributed by atoms with Crippen molar-refractivity contribution in [3.63, 3.8) is 0 Å². The van der Waals surface area contributed by atoms with Crippen LogP contribution < -0.4 is 15.8 Å². The molecule has 1 saturated heterocycles. The van der Waals surface area contributed by atoms with Crippen LogP contribution in [0, 0.1) is 5.92 Å². The molecule has 1 N–H and O–H groups in total. The highest BCUT2D eigenvalue weighted by atomic mass is 16.3. The van der Waals surface area contributed by atoms with E-state index in [1.165, 1.54) is 4.68 Å². The number of nitrogens with one attached hydrogen (secondary N) is 1. The van der Waals surface area contributed by atoms with Crippen molar-refractivity contribution >= 4 is 11.6 Å². The van der Waals surface area contributed by atoms with Gasteiger partial charge in [-0.3, -0.25) is 9.59 Å². The molecule has 2 aromatic rings. The van der Waals surface area contributed by atoms with E-state index in [9.17, 15) is 9.59 Å². The molecule has 1 aliphatic rings. The van der Waals surface area contributed by atoms with Crippen LogP contribution in [0.3, 0.4) is 0 Å². The van der Waals surface area contributed by atoms with Crippen molar-refractivity contribution in [1.29, 1.82) is 0 Å². The van der Waals surface area contributed by atoms with Crippen molar-refractivity contribution in [3.05, 3.63) is 46.8 Å². The molecular weight excluding hydrogens is 296 g/mol. The Labute approximate surface area is 133 Å². The summed E-state index contributed by atoms with van der Waals surface area (Å²) >= 11 is 0. The quantitative estimate of drug-likeness (QED) is 0.907. The predicted molar refractivity (Wildman–Crippen MR) is 85.0 cm³/mol. The molecule has 0 spiro atoms. The number of rotatable bonds is 4. The lowest BCUT2D eigenvalue weighted by atomic mass is 9.95. The molecule has 2 aromatic heterocycles. The number of anilines is 1. The summed E-state index contributed by atoms with van der Waals surface area (Å²) in [7, 11) is 1.63. The number of amides is 1. The second-order valence-corrected chi connectivity index (χ2v) is 5.73. The van der Waals surface area contributed by atoms with E-state index in [1.807, 2.05) is 6.07 Å². The van der Waals surface area contributed by atoms with E-state index in [1.54, 1.807) is 31.6 Å². The van der Waals surface area contributed by atoms with E-state index in [2.05, 4.69) is 15.3 Å². The zero-order valence-corrected chi connectivity index (χ0v) is 13.1. The standard InChI is InChI=1S/C16H20N4O3/c1-19-15(21)9-13(10-18-19)20-6-4-12(5-7-20)16(22)17-11-14-3-2-8-23-14/h2-3,8-10,12H,4-7,11H2,1H3,(H,17,22). The summed E-state index contributed by atoms with van der Waals surface area (Å²) in [4.78, 5) is 26.0. The topological polar surface area (TPSA) is 80.4 Å². The molecule has 3 rings (SSSR count). The number of hydrogen-bond acceptors (Lipinski definition) is 5. The molecular formula is C16H20N4O3. The van der Waals surface area contributed by atoms with E-state index >= 15 is 0 Å². The second-order valence-electron chi connectivity index (χ2n) is 5.73. The highest BCUT2D eigenvalue weighted by Gasteiger charge is 2.25. The fourth-order valence-electron chi connectivity index (χ4n) is 2.76. The molecule has 3 heterocycles. The van der Waals surface area contributed by atoms with E-state index in [0.717, 1.165) is 37.4 Å². The highest BCUT2D eigenvalue weighted by Crippen LogP contribution is 2.22. The smallest absolute Gasteiger partial charge is 0.268 e. The van der Waals surface area contributed by atoms with Gasteiger partial charge in [-0.25, -0.2) is 4.68 Å². The Kier molecular flexibility index (Phi) is 4.45. The number of carbonyl (C=O) groups excluding carboxylic acids is 1. The van der Waals surface area contributed by atoms with Crippen molar-refractivity contribution in [2.45, 2.75) is 19.4 Å². The number of carbonyl (C=O) groups is 1.